The van der Waals surface area contributed by atoms with Crippen molar-refractivity contribution in [3.8, 4) is 11.1 Å². The number of aryl methyl sites for hydroxylation is 1. The molecule has 1 fully saturated rings. The van der Waals surface area contributed by atoms with E-state index in [-0.39, 0.29) is 16.3 Å². The Morgan fingerprint density at radius 3 is 2.38 bits per heavy atom. The first-order valence-electron chi connectivity index (χ1n) is 10.9. The van der Waals surface area contributed by atoms with E-state index in [0.717, 1.165) is 11.1 Å². The van der Waals surface area contributed by atoms with E-state index in [2.05, 4.69) is 25.4 Å². The lowest BCUT2D eigenvalue weighted by atomic mass is 10.1. The number of likely N-dealkylation sites (N-methyl/N-ethyl adjacent to an activating group) is 1. The van der Waals surface area contributed by atoms with Crippen LogP contribution in [0.15, 0.2) is 64.5 Å². The molecule has 0 atom stereocenters. The number of rotatable bonds is 5. The van der Waals surface area contributed by atoms with Crippen LogP contribution in [0.25, 0.3) is 22.2 Å². The number of nitrogens with one attached hydrogen (secondary N) is 2. The number of benzene rings is 2. The van der Waals surface area contributed by atoms with Crippen molar-refractivity contribution in [1.29, 1.82) is 0 Å². The highest BCUT2D eigenvalue weighted by Gasteiger charge is 2.27. The zero-order valence-corrected chi connectivity index (χ0v) is 19.7. The van der Waals surface area contributed by atoms with Crippen LogP contribution >= 0.6 is 0 Å². The SMILES string of the molecule is CN1CCN(S(=O)(=O)c2ccc(Nc3nc4ccc(-c5cn[nH]c5)cc4n(C)c3=O)cc2)CC1. The molecule has 0 spiro atoms. The van der Waals surface area contributed by atoms with Crippen LogP contribution in [0.4, 0.5) is 11.5 Å². The molecular formula is C23H25N7O3S. The molecule has 0 amide bonds. The lowest BCUT2D eigenvalue weighted by Gasteiger charge is -2.31. The summed E-state index contributed by atoms with van der Waals surface area (Å²) in [5.41, 5.74) is 3.50. The standard InChI is InChI=1S/C23H25N7O3S/c1-28-9-11-30(12-10-28)34(32,33)19-6-4-18(5-7-19)26-22-23(31)29(2)21-13-16(3-8-20(21)27-22)17-14-24-25-15-17/h3-8,13-15H,9-12H2,1-2H3,(H,24,25)(H,26,27). The molecule has 1 aliphatic heterocycles. The Labute approximate surface area is 196 Å². The summed E-state index contributed by atoms with van der Waals surface area (Å²) in [6, 6.07) is 12.1. The summed E-state index contributed by atoms with van der Waals surface area (Å²) in [7, 11) is 0.126. The van der Waals surface area contributed by atoms with Gasteiger partial charge in [-0.15, -0.1) is 0 Å². The fourth-order valence-electron chi connectivity index (χ4n) is 4.02. The normalized spacial score (nSPS) is 15.6. The summed E-state index contributed by atoms with van der Waals surface area (Å²) < 4.78 is 28.9. The summed E-state index contributed by atoms with van der Waals surface area (Å²) in [5.74, 6) is 0.167. The second-order valence-electron chi connectivity index (χ2n) is 8.37. The van der Waals surface area contributed by atoms with Crippen molar-refractivity contribution in [2.75, 3.05) is 38.5 Å². The maximum Gasteiger partial charge on any atom is 0.293 e. The molecule has 2 aromatic heterocycles. The number of anilines is 2. The van der Waals surface area contributed by atoms with Gasteiger partial charge in [-0.1, -0.05) is 6.07 Å². The minimum atomic E-state index is -3.55. The van der Waals surface area contributed by atoms with Crippen molar-refractivity contribution in [2.45, 2.75) is 4.90 Å². The summed E-state index contributed by atoms with van der Waals surface area (Å²) in [5, 5.41) is 9.79. The molecule has 3 heterocycles. The van der Waals surface area contributed by atoms with E-state index in [9.17, 15) is 13.2 Å². The van der Waals surface area contributed by atoms with Crippen molar-refractivity contribution in [2.24, 2.45) is 7.05 Å². The molecule has 2 aromatic carbocycles. The molecule has 10 nitrogen and oxygen atoms in total. The number of piperazine rings is 1. The van der Waals surface area contributed by atoms with E-state index in [1.807, 2.05) is 25.2 Å². The van der Waals surface area contributed by atoms with E-state index in [4.69, 9.17) is 0 Å². The number of H-pyrrole nitrogens is 1. The largest absolute Gasteiger partial charge is 0.336 e. The molecule has 11 heteroatoms. The Morgan fingerprint density at radius 1 is 0.971 bits per heavy atom. The van der Waals surface area contributed by atoms with E-state index in [1.165, 1.54) is 4.31 Å². The number of hydrogen-bond donors (Lipinski definition) is 2. The third kappa shape index (κ3) is 4.09. The summed E-state index contributed by atoms with van der Waals surface area (Å²) >= 11 is 0. The van der Waals surface area contributed by atoms with E-state index >= 15 is 0 Å². The molecule has 1 aliphatic rings. The molecule has 0 unspecified atom stereocenters. The van der Waals surface area contributed by atoms with Gasteiger partial charge in [0, 0.05) is 50.7 Å². The maximum absolute atomic E-state index is 13.0. The van der Waals surface area contributed by atoms with Crippen LogP contribution in [0.5, 0.6) is 0 Å². The van der Waals surface area contributed by atoms with Gasteiger partial charge in [-0.05, 0) is 49.0 Å². The smallest absolute Gasteiger partial charge is 0.293 e. The van der Waals surface area contributed by atoms with Gasteiger partial charge in [0.05, 0.1) is 22.1 Å². The Kier molecular flexibility index (Phi) is 5.68. The van der Waals surface area contributed by atoms with E-state index in [0.29, 0.717) is 42.9 Å². The summed E-state index contributed by atoms with van der Waals surface area (Å²) in [6.45, 7) is 2.36. The first-order chi connectivity index (χ1) is 16.3. The van der Waals surface area contributed by atoms with E-state index in [1.54, 1.807) is 48.3 Å². The fraction of sp³-hybridized carbons (Fsp3) is 0.261. The molecule has 0 bridgehead atoms. The van der Waals surface area contributed by atoms with Crippen molar-refractivity contribution in [3.05, 3.63) is 65.2 Å². The fourth-order valence-corrected chi connectivity index (χ4v) is 5.44. The average molecular weight is 480 g/mol. The van der Waals surface area contributed by atoms with Gasteiger partial charge in [0.25, 0.3) is 5.56 Å². The number of sulfonamides is 1. The predicted molar refractivity (Wildman–Crippen MR) is 131 cm³/mol. The van der Waals surface area contributed by atoms with E-state index < -0.39 is 10.0 Å². The third-order valence-electron chi connectivity index (χ3n) is 6.12. The highest BCUT2D eigenvalue weighted by molar-refractivity contribution is 7.89. The number of aromatic nitrogens is 4. The third-order valence-corrected chi connectivity index (χ3v) is 8.04. The molecule has 2 N–H and O–H groups in total. The lowest BCUT2D eigenvalue weighted by molar-refractivity contribution is 0.222. The second-order valence-corrected chi connectivity index (χ2v) is 10.3. The monoisotopic (exact) mass is 479 g/mol. The van der Waals surface area contributed by atoms with Crippen LogP contribution in [-0.2, 0) is 17.1 Å². The highest BCUT2D eigenvalue weighted by atomic mass is 32.2. The molecule has 5 rings (SSSR count). The van der Waals surface area contributed by atoms with Gasteiger partial charge in [0.2, 0.25) is 10.0 Å². The van der Waals surface area contributed by atoms with Gasteiger partial charge in [-0.25, -0.2) is 13.4 Å². The van der Waals surface area contributed by atoms with Crippen LogP contribution in [0.1, 0.15) is 0 Å². The van der Waals surface area contributed by atoms with Crippen molar-refractivity contribution in [1.82, 2.24) is 29.0 Å². The molecule has 0 saturated carbocycles. The lowest BCUT2D eigenvalue weighted by Crippen LogP contribution is -2.46. The minimum Gasteiger partial charge on any atom is -0.336 e. The first-order valence-corrected chi connectivity index (χ1v) is 12.3. The Hall–Kier alpha value is -3.54. The summed E-state index contributed by atoms with van der Waals surface area (Å²) in [6.07, 6.45) is 3.51. The predicted octanol–water partition coefficient (Wildman–Crippen LogP) is 2.00. The number of hydrogen-bond acceptors (Lipinski definition) is 7. The van der Waals surface area contributed by atoms with Gasteiger partial charge in [0.1, 0.15) is 0 Å². The van der Waals surface area contributed by atoms with Crippen molar-refractivity contribution in [3.63, 3.8) is 0 Å². The molecular weight excluding hydrogens is 454 g/mol. The molecule has 34 heavy (non-hydrogen) atoms. The molecule has 0 radical (unpaired) electrons. The number of fused-ring (bicyclic) bond motifs is 1. The Balaban J connectivity index is 1.40. The zero-order chi connectivity index (χ0) is 23.9. The maximum atomic E-state index is 13.0. The van der Waals surface area contributed by atoms with Crippen LogP contribution < -0.4 is 10.9 Å². The molecule has 4 aromatic rings. The number of aromatic amines is 1. The van der Waals surface area contributed by atoms with Gasteiger partial charge < -0.3 is 14.8 Å². The van der Waals surface area contributed by atoms with Crippen LogP contribution in [0.2, 0.25) is 0 Å². The van der Waals surface area contributed by atoms with Gasteiger partial charge in [-0.3, -0.25) is 9.89 Å². The first kappa shape index (κ1) is 22.3. The Bertz CT molecular complexity index is 1490. The Morgan fingerprint density at radius 2 is 1.71 bits per heavy atom. The van der Waals surface area contributed by atoms with Gasteiger partial charge in [0.15, 0.2) is 5.82 Å². The topological polar surface area (TPSA) is 116 Å². The van der Waals surface area contributed by atoms with Gasteiger partial charge >= 0.3 is 0 Å². The zero-order valence-electron chi connectivity index (χ0n) is 18.9. The van der Waals surface area contributed by atoms with Gasteiger partial charge in [-0.2, -0.15) is 9.40 Å². The van der Waals surface area contributed by atoms with Crippen molar-refractivity contribution >= 4 is 32.6 Å². The van der Waals surface area contributed by atoms with Crippen LogP contribution in [-0.4, -0.2) is 70.6 Å². The average Bonchev–Trinajstić information content (AvgIpc) is 3.38. The second kappa shape index (κ2) is 8.67. The van der Waals surface area contributed by atoms with Crippen LogP contribution in [0.3, 0.4) is 0 Å². The minimum absolute atomic E-state index is 0.167. The quantitative estimate of drug-likeness (QED) is 0.450. The van der Waals surface area contributed by atoms with Crippen molar-refractivity contribution < 1.29 is 8.42 Å². The number of nitrogens with zero attached hydrogens (tertiary/aromatic N) is 5. The molecule has 1 saturated heterocycles. The van der Waals surface area contributed by atoms with Crippen LogP contribution in [0, 0.1) is 0 Å². The summed E-state index contributed by atoms with van der Waals surface area (Å²) in [4.78, 5) is 19.8. The molecule has 176 valence electrons. The highest BCUT2D eigenvalue weighted by Crippen LogP contribution is 2.24. The molecule has 0 aliphatic carbocycles.